The predicted molar refractivity (Wildman–Crippen MR) is 90.9 cm³/mol. The second-order valence-electron chi connectivity index (χ2n) is 7.32. The van der Waals surface area contributed by atoms with Crippen molar-refractivity contribution >= 4 is 29.1 Å². The number of benzene rings is 1. The molecule has 4 rings (SSSR count). The van der Waals surface area contributed by atoms with Gasteiger partial charge in [-0.1, -0.05) is 0 Å². The smallest absolute Gasteiger partial charge is 0.269 e. The van der Waals surface area contributed by atoms with Crippen LogP contribution in [0.1, 0.15) is 25.7 Å². The van der Waals surface area contributed by atoms with Gasteiger partial charge in [0.25, 0.3) is 5.69 Å². The van der Waals surface area contributed by atoms with E-state index in [1.807, 2.05) is 0 Å². The van der Waals surface area contributed by atoms with Crippen LogP contribution in [0.4, 0.5) is 11.4 Å². The number of hydrogen-bond acceptors (Lipinski definition) is 5. The lowest BCUT2D eigenvalue weighted by molar-refractivity contribution is -0.384. The van der Waals surface area contributed by atoms with E-state index >= 15 is 0 Å². The van der Waals surface area contributed by atoms with Gasteiger partial charge in [0.2, 0.25) is 17.7 Å². The Labute approximate surface area is 149 Å². The Kier molecular flexibility index (Phi) is 3.97. The number of fused-ring (bicyclic) bond motifs is 5. The van der Waals surface area contributed by atoms with Gasteiger partial charge in [-0.15, -0.1) is 0 Å². The first-order valence-corrected chi connectivity index (χ1v) is 8.85. The van der Waals surface area contributed by atoms with E-state index in [4.69, 9.17) is 0 Å². The second kappa shape index (κ2) is 6.19. The number of carbonyl (C=O) groups excluding carboxylic acids is 3. The largest absolute Gasteiger partial charge is 0.326 e. The fourth-order valence-electron chi connectivity index (χ4n) is 4.79. The van der Waals surface area contributed by atoms with Gasteiger partial charge < -0.3 is 5.32 Å². The number of nitro groups is 1. The summed E-state index contributed by atoms with van der Waals surface area (Å²) < 4.78 is 0. The maximum absolute atomic E-state index is 12.6. The molecule has 2 aliphatic carbocycles. The fraction of sp³-hybridized carbons (Fsp3) is 0.500. The van der Waals surface area contributed by atoms with Crippen molar-refractivity contribution in [1.29, 1.82) is 0 Å². The van der Waals surface area contributed by atoms with Crippen LogP contribution in [0.2, 0.25) is 0 Å². The van der Waals surface area contributed by atoms with Crippen molar-refractivity contribution in [2.24, 2.45) is 23.7 Å². The number of nitrogens with one attached hydrogen (secondary N) is 1. The average Bonchev–Trinajstić information content (AvgIpc) is 3.28. The Bertz CT molecular complexity index is 763. The molecule has 1 aromatic rings. The molecular formula is C18H19N3O5. The molecule has 3 amide bonds. The van der Waals surface area contributed by atoms with Gasteiger partial charge in [-0.25, -0.2) is 0 Å². The Morgan fingerprint density at radius 2 is 1.69 bits per heavy atom. The van der Waals surface area contributed by atoms with Crippen molar-refractivity contribution in [3.63, 3.8) is 0 Å². The van der Waals surface area contributed by atoms with Gasteiger partial charge in [0.05, 0.1) is 16.8 Å². The number of imide groups is 1. The van der Waals surface area contributed by atoms with Crippen LogP contribution in [0.3, 0.4) is 0 Å². The van der Waals surface area contributed by atoms with E-state index in [0.717, 1.165) is 19.3 Å². The molecule has 3 aliphatic rings. The first-order valence-electron chi connectivity index (χ1n) is 8.85. The first-order chi connectivity index (χ1) is 12.5. The average molecular weight is 357 g/mol. The molecule has 26 heavy (non-hydrogen) atoms. The van der Waals surface area contributed by atoms with Crippen molar-refractivity contribution < 1.29 is 19.3 Å². The minimum atomic E-state index is -0.514. The molecule has 136 valence electrons. The number of amides is 3. The van der Waals surface area contributed by atoms with E-state index in [1.54, 1.807) is 0 Å². The summed E-state index contributed by atoms with van der Waals surface area (Å²) in [5.41, 5.74) is 0.381. The fourth-order valence-corrected chi connectivity index (χ4v) is 4.79. The summed E-state index contributed by atoms with van der Waals surface area (Å²) in [5.74, 6) is -0.233. The van der Waals surface area contributed by atoms with Gasteiger partial charge in [-0.3, -0.25) is 29.4 Å². The Balaban J connectivity index is 1.34. The topological polar surface area (TPSA) is 110 Å². The normalized spacial score (nSPS) is 29.2. The van der Waals surface area contributed by atoms with E-state index < -0.39 is 4.92 Å². The van der Waals surface area contributed by atoms with Crippen molar-refractivity contribution in [3.8, 4) is 0 Å². The number of non-ortho nitro benzene ring substituents is 1. The van der Waals surface area contributed by atoms with Crippen molar-refractivity contribution in [2.45, 2.75) is 25.7 Å². The molecule has 1 aromatic carbocycles. The molecule has 2 saturated carbocycles. The maximum atomic E-state index is 12.6. The Hall–Kier alpha value is -2.77. The molecule has 0 radical (unpaired) electrons. The molecule has 8 nitrogen and oxygen atoms in total. The lowest BCUT2D eigenvalue weighted by atomic mass is 9.81. The number of rotatable bonds is 5. The minimum Gasteiger partial charge on any atom is -0.326 e. The van der Waals surface area contributed by atoms with Crippen LogP contribution in [0.5, 0.6) is 0 Å². The van der Waals surface area contributed by atoms with Gasteiger partial charge in [-0.2, -0.15) is 0 Å². The standard InChI is InChI=1S/C18H19N3O5/c22-14(19-12-3-5-13(6-4-12)21(25)26)7-8-20-17(23)15-10-1-2-11(9-10)16(15)18(20)24/h3-6,10-11,15-16H,1-2,7-9H2,(H,19,22)/t10-,11-,15-,16+/m0/s1. The quantitative estimate of drug-likeness (QED) is 0.492. The molecule has 0 unspecified atom stereocenters. The number of hydrogen-bond donors (Lipinski definition) is 1. The van der Waals surface area contributed by atoms with Crippen LogP contribution in [0, 0.1) is 33.8 Å². The molecule has 1 heterocycles. The van der Waals surface area contributed by atoms with Gasteiger partial charge >= 0.3 is 0 Å². The molecule has 3 fully saturated rings. The summed E-state index contributed by atoms with van der Waals surface area (Å²) in [5, 5.41) is 13.3. The van der Waals surface area contributed by atoms with Crippen LogP contribution >= 0.6 is 0 Å². The zero-order chi connectivity index (χ0) is 18.4. The van der Waals surface area contributed by atoms with Crippen molar-refractivity contribution in [1.82, 2.24) is 4.90 Å². The van der Waals surface area contributed by atoms with Gasteiger partial charge in [0.15, 0.2) is 0 Å². The molecule has 0 spiro atoms. The zero-order valence-electron chi connectivity index (χ0n) is 14.1. The van der Waals surface area contributed by atoms with Gasteiger partial charge in [0, 0.05) is 30.8 Å². The molecule has 1 saturated heterocycles. The monoisotopic (exact) mass is 357 g/mol. The van der Waals surface area contributed by atoms with Gasteiger partial charge in [-0.05, 0) is 43.2 Å². The third-order valence-electron chi connectivity index (χ3n) is 5.94. The molecule has 0 aromatic heterocycles. The van der Waals surface area contributed by atoms with E-state index in [2.05, 4.69) is 5.32 Å². The highest BCUT2D eigenvalue weighted by Crippen LogP contribution is 2.56. The van der Waals surface area contributed by atoms with E-state index in [9.17, 15) is 24.5 Å². The Morgan fingerprint density at radius 1 is 1.12 bits per heavy atom. The molecule has 2 bridgehead atoms. The minimum absolute atomic E-state index is 0.0171. The zero-order valence-corrected chi connectivity index (χ0v) is 14.1. The summed E-state index contributed by atoms with van der Waals surface area (Å²) in [6.45, 7) is 0.0862. The highest BCUT2D eigenvalue weighted by atomic mass is 16.6. The Morgan fingerprint density at radius 3 is 2.23 bits per heavy atom. The summed E-state index contributed by atoms with van der Waals surface area (Å²) in [6.07, 6.45) is 3.06. The van der Waals surface area contributed by atoms with Crippen LogP contribution in [-0.2, 0) is 14.4 Å². The molecule has 8 heteroatoms. The molecule has 4 atom stereocenters. The molecule has 1 N–H and O–H groups in total. The van der Waals surface area contributed by atoms with Crippen LogP contribution in [-0.4, -0.2) is 34.1 Å². The first kappa shape index (κ1) is 16.7. The molecular weight excluding hydrogens is 338 g/mol. The number of likely N-dealkylation sites (tertiary alicyclic amines) is 1. The summed E-state index contributed by atoms with van der Waals surface area (Å²) in [7, 11) is 0. The van der Waals surface area contributed by atoms with Crippen LogP contribution in [0.25, 0.3) is 0 Å². The lowest BCUT2D eigenvalue weighted by Crippen LogP contribution is -2.35. The van der Waals surface area contributed by atoms with E-state index in [0.29, 0.717) is 17.5 Å². The highest BCUT2D eigenvalue weighted by molar-refractivity contribution is 6.06. The van der Waals surface area contributed by atoms with Crippen molar-refractivity contribution in [2.75, 3.05) is 11.9 Å². The number of anilines is 1. The summed E-state index contributed by atoms with van der Waals surface area (Å²) in [4.78, 5) is 48.6. The number of nitrogens with zero attached hydrogens (tertiary/aromatic N) is 2. The summed E-state index contributed by atoms with van der Waals surface area (Å²) >= 11 is 0. The SMILES string of the molecule is O=C(CCN1C(=O)[C@@H]2[C@H]3CC[C@@H](C3)[C@@H]2C1=O)Nc1ccc([N+](=O)[O-])cc1. The number of carbonyl (C=O) groups is 3. The lowest BCUT2D eigenvalue weighted by Gasteiger charge is -2.19. The molecule has 1 aliphatic heterocycles. The second-order valence-corrected chi connectivity index (χ2v) is 7.32. The highest BCUT2D eigenvalue weighted by Gasteiger charge is 2.60. The number of nitro benzene ring substituents is 1. The predicted octanol–water partition coefficient (Wildman–Crippen LogP) is 1.95. The van der Waals surface area contributed by atoms with Crippen LogP contribution < -0.4 is 5.32 Å². The van der Waals surface area contributed by atoms with Crippen molar-refractivity contribution in [3.05, 3.63) is 34.4 Å². The third-order valence-corrected chi connectivity index (χ3v) is 5.94. The van der Waals surface area contributed by atoms with E-state index in [1.165, 1.54) is 29.2 Å². The van der Waals surface area contributed by atoms with Crippen LogP contribution in [0.15, 0.2) is 24.3 Å². The van der Waals surface area contributed by atoms with E-state index in [-0.39, 0.29) is 48.2 Å². The summed E-state index contributed by atoms with van der Waals surface area (Å²) in [6, 6.07) is 5.51. The van der Waals surface area contributed by atoms with Gasteiger partial charge in [0.1, 0.15) is 0 Å². The third kappa shape index (κ3) is 2.65. The maximum Gasteiger partial charge on any atom is 0.269 e.